The lowest BCUT2D eigenvalue weighted by Crippen LogP contribution is -2.30. The van der Waals surface area contributed by atoms with Gasteiger partial charge < -0.3 is 5.32 Å². The summed E-state index contributed by atoms with van der Waals surface area (Å²) in [6.07, 6.45) is 2.41. The molecule has 0 aliphatic carbocycles. The minimum atomic E-state index is 0.198. The van der Waals surface area contributed by atoms with E-state index in [0.717, 1.165) is 0 Å². The summed E-state index contributed by atoms with van der Waals surface area (Å²) in [6, 6.07) is 8.58. The highest BCUT2D eigenvalue weighted by molar-refractivity contribution is 5.46. The zero-order valence-electron chi connectivity index (χ0n) is 9.72. The van der Waals surface area contributed by atoms with Gasteiger partial charge in [-0.3, -0.25) is 0 Å². The van der Waals surface area contributed by atoms with Crippen LogP contribution < -0.4 is 5.32 Å². The van der Waals surface area contributed by atoms with E-state index >= 15 is 0 Å². The first-order valence-electron chi connectivity index (χ1n) is 5.38. The van der Waals surface area contributed by atoms with Crippen LogP contribution in [-0.2, 0) is 0 Å². The van der Waals surface area contributed by atoms with E-state index in [2.05, 4.69) is 57.3 Å². The van der Waals surface area contributed by atoms with Gasteiger partial charge in [-0.25, -0.2) is 0 Å². The number of anilines is 1. The Balaban J connectivity index is 2.64. The Hall–Kier alpha value is -0.980. The molecule has 78 valence electrons. The number of aryl methyl sites for hydroxylation is 1. The standard InChI is InChI=1S/C13H21N/c1-5-10-13(3,4)14-12-8-6-11(2)7-9-12/h6-9,14H,5,10H2,1-4H3. The maximum atomic E-state index is 3.55. The third-order valence-corrected chi connectivity index (χ3v) is 2.41. The number of rotatable bonds is 4. The van der Waals surface area contributed by atoms with Crippen LogP contribution in [0.2, 0.25) is 0 Å². The van der Waals surface area contributed by atoms with Gasteiger partial charge in [0.1, 0.15) is 0 Å². The molecule has 1 aromatic carbocycles. The first-order chi connectivity index (χ1) is 6.53. The van der Waals surface area contributed by atoms with Crippen LogP contribution in [0.15, 0.2) is 24.3 Å². The molecule has 0 saturated carbocycles. The zero-order valence-corrected chi connectivity index (χ0v) is 9.72. The van der Waals surface area contributed by atoms with Crippen LogP contribution in [0.3, 0.4) is 0 Å². The molecule has 0 radical (unpaired) electrons. The Morgan fingerprint density at radius 2 is 1.71 bits per heavy atom. The normalized spacial score (nSPS) is 11.4. The summed E-state index contributed by atoms with van der Waals surface area (Å²) >= 11 is 0. The topological polar surface area (TPSA) is 12.0 Å². The number of nitrogens with one attached hydrogen (secondary N) is 1. The molecule has 14 heavy (non-hydrogen) atoms. The Morgan fingerprint density at radius 1 is 1.14 bits per heavy atom. The van der Waals surface area contributed by atoms with E-state index < -0.39 is 0 Å². The van der Waals surface area contributed by atoms with Gasteiger partial charge in [0.15, 0.2) is 0 Å². The molecule has 1 heteroatoms. The van der Waals surface area contributed by atoms with E-state index in [1.807, 2.05) is 0 Å². The molecule has 1 aromatic rings. The highest BCUT2D eigenvalue weighted by atomic mass is 15.0. The van der Waals surface area contributed by atoms with E-state index in [9.17, 15) is 0 Å². The predicted octanol–water partition coefficient (Wildman–Crippen LogP) is 3.99. The summed E-state index contributed by atoms with van der Waals surface area (Å²) in [6.45, 7) is 8.83. The average Bonchev–Trinajstić information content (AvgIpc) is 2.08. The maximum Gasteiger partial charge on any atom is 0.0344 e. The third kappa shape index (κ3) is 3.41. The van der Waals surface area contributed by atoms with Crippen molar-refractivity contribution in [3.05, 3.63) is 29.8 Å². The van der Waals surface area contributed by atoms with Crippen molar-refractivity contribution in [3.8, 4) is 0 Å². The van der Waals surface area contributed by atoms with Crippen molar-refractivity contribution in [2.75, 3.05) is 5.32 Å². The fourth-order valence-electron chi connectivity index (χ4n) is 1.72. The van der Waals surface area contributed by atoms with Crippen molar-refractivity contribution in [3.63, 3.8) is 0 Å². The summed E-state index contributed by atoms with van der Waals surface area (Å²) in [5.74, 6) is 0. The van der Waals surface area contributed by atoms with Crippen LogP contribution in [0.25, 0.3) is 0 Å². The van der Waals surface area contributed by atoms with Crippen molar-refractivity contribution in [2.24, 2.45) is 0 Å². The van der Waals surface area contributed by atoms with Gasteiger partial charge in [0.2, 0.25) is 0 Å². The van der Waals surface area contributed by atoms with Crippen LogP contribution >= 0.6 is 0 Å². The molecule has 1 N–H and O–H groups in total. The van der Waals surface area contributed by atoms with Gasteiger partial charge in [0.25, 0.3) is 0 Å². The van der Waals surface area contributed by atoms with E-state index in [1.54, 1.807) is 0 Å². The molecule has 0 spiro atoms. The second-order valence-corrected chi connectivity index (χ2v) is 4.62. The Labute approximate surface area is 87.5 Å². The Kier molecular flexibility index (Phi) is 3.56. The Morgan fingerprint density at radius 3 is 2.21 bits per heavy atom. The lowest BCUT2D eigenvalue weighted by molar-refractivity contribution is 0.511. The van der Waals surface area contributed by atoms with Crippen LogP contribution in [-0.4, -0.2) is 5.54 Å². The fraction of sp³-hybridized carbons (Fsp3) is 0.538. The van der Waals surface area contributed by atoms with Gasteiger partial charge in [-0.15, -0.1) is 0 Å². The molecule has 0 fully saturated rings. The molecule has 0 heterocycles. The SMILES string of the molecule is CCCC(C)(C)Nc1ccc(C)cc1. The highest BCUT2D eigenvalue weighted by Crippen LogP contribution is 2.19. The summed E-state index contributed by atoms with van der Waals surface area (Å²) in [4.78, 5) is 0. The molecule has 1 nitrogen and oxygen atoms in total. The third-order valence-electron chi connectivity index (χ3n) is 2.41. The molecule has 0 bridgehead atoms. The van der Waals surface area contributed by atoms with E-state index in [-0.39, 0.29) is 5.54 Å². The monoisotopic (exact) mass is 191 g/mol. The van der Waals surface area contributed by atoms with Crippen molar-refractivity contribution in [1.29, 1.82) is 0 Å². The summed E-state index contributed by atoms with van der Waals surface area (Å²) in [5.41, 5.74) is 2.72. The van der Waals surface area contributed by atoms with Crippen LogP contribution in [0.1, 0.15) is 39.2 Å². The molecule has 0 aromatic heterocycles. The molecule has 0 amide bonds. The van der Waals surface area contributed by atoms with Crippen molar-refractivity contribution < 1.29 is 0 Å². The predicted molar refractivity (Wildman–Crippen MR) is 63.8 cm³/mol. The van der Waals surface area contributed by atoms with Crippen LogP contribution in [0.5, 0.6) is 0 Å². The highest BCUT2D eigenvalue weighted by Gasteiger charge is 2.15. The molecular formula is C13H21N. The Bertz CT molecular complexity index is 272. The van der Waals surface area contributed by atoms with E-state index in [1.165, 1.54) is 24.1 Å². The number of hydrogen-bond acceptors (Lipinski definition) is 1. The molecule has 0 aliphatic heterocycles. The van der Waals surface area contributed by atoms with Gasteiger partial charge in [-0.2, -0.15) is 0 Å². The summed E-state index contributed by atoms with van der Waals surface area (Å²) in [5, 5.41) is 3.55. The van der Waals surface area contributed by atoms with Crippen molar-refractivity contribution >= 4 is 5.69 Å². The molecule has 0 unspecified atom stereocenters. The van der Waals surface area contributed by atoms with Gasteiger partial charge in [-0.05, 0) is 39.3 Å². The minimum Gasteiger partial charge on any atom is -0.380 e. The second-order valence-electron chi connectivity index (χ2n) is 4.62. The largest absolute Gasteiger partial charge is 0.380 e. The van der Waals surface area contributed by atoms with Gasteiger partial charge >= 0.3 is 0 Å². The van der Waals surface area contributed by atoms with E-state index in [4.69, 9.17) is 0 Å². The first kappa shape index (κ1) is 11.1. The fourth-order valence-corrected chi connectivity index (χ4v) is 1.72. The van der Waals surface area contributed by atoms with Gasteiger partial charge in [0.05, 0.1) is 0 Å². The molecule has 0 aliphatic rings. The van der Waals surface area contributed by atoms with Gasteiger partial charge in [-0.1, -0.05) is 31.0 Å². The molecule has 0 atom stereocenters. The number of hydrogen-bond donors (Lipinski definition) is 1. The first-order valence-corrected chi connectivity index (χ1v) is 5.38. The number of benzene rings is 1. The zero-order chi connectivity index (χ0) is 10.6. The maximum absolute atomic E-state index is 3.55. The molecule has 1 rings (SSSR count). The average molecular weight is 191 g/mol. The quantitative estimate of drug-likeness (QED) is 0.759. The smallest absolute Gasteiger partial charge is 0.0344 e. The lowest BCUT2D eigenvalue weighted by Gasteiger charge is -2.27. The van der Waals surface area contributed by atoms with Crippen LogP contribution in [0, 0.1) is 6.92 Å². The second kappa shape index (κ2) is 4.50. The van der Waals surface area contributed by atoms with Crippen molar-refractivity contribution in [2.45, 2.75) is 46.1 Å². The van der Waals surface area contributed by atoms with E-state index in [0.29, 0.717) is 0 Å². The summed E-state index contributed by atoms with van der Waals surface area (Å²) in [7, 11) is 0. The van der Waals surface area contributed by atoms with Crippen LogP contribution in [0.4, 0.5) is 5.69 Å². The summed E-state index contributed by atoms with van der Waals surface area (Å²) < 4.78 is 0. The molecule has 0 saturated heterocycles. The van der Waals surface area contributed by atoms with Gasteiger partial charge in [0, 0.05) is 11.2 Å². The lowest BCUT2D eigenvalue weighted by atomic mass is 9.98. The minimum absolute atomic E-state index is 0.198. The van der Waals surface area contributed by atoms with Crippen molar-refractivity contribution in [1.82, 2.24) is 0 Å². The molecular weight excluding hydrogens is 170 g/mol.